The van der Waals surface area contributed by atoms with Crippen molar-refractivity contribution in [3.8, 4) is 0 Å². The maximum absolute atomic E-state index is 12.4. The van der Waals surface area contributed by atoms with E-state index in [0.29, 0.717) is 6.42 Å². The van der Waals surface area contributed by atoms with Gasteiger partial charge in [0.05, 0.1) is 5.57 Å². The van der Waals surface area contributed by atoms with Gasteiger partial charge >= 0.3 is 6.18 Å². The molecule has 0 fully saturated rings. The monoisotopic (exact) mass is 206 g/mol. The van der Waals surface area contributed by atoms with Gasteiger partial charge in [0.15, 0.2) is 0 Å². The summed E-state index contributed by atoms with van der Waals surface area (Å²) >= 11 is 0. The first-order chi connectivity index (χ1) is 6.17. The summed E-state index contributed by atoms with van der Waals surface area (Å²) in [4.78, 5) is 0. The largest absolute Gasteiger partial charge is 0.416 e. The molecule has 0 aliphatic heterocycles. The van der Waals surface area contributed by atoms with E-state index in [-0.39, 0.29) is 5.41 Å². The van der Waals surface area contributed by atoms with Gasteiger partial charge in [-0.3, -0.25) is 0 Å². The topological polar surface area (TPSA) is 0 Å². The first-order valence-corrected chi connectivity index (χ1v) is 4.57. The number of hydrogen-bond acceptors (Lipinski definition) is 0. The second kappa shape index (κ2) is 4.67. The van der Waals surface area contributed by atoms with Gasteiger partial charge in [0.25, 0.3) is 0 Å². The molecular weight excluding hydrogens is 189 g/mol. The van der Waals surface area contributed by atoms with Crippen LogP contribution in [0.2, 0.25) is 0 Å². The predicted octanol–water partition coefficient (Wildman–Crippen LogP) is 4.49. The van der Waals surface area contributed by atoms with Gasteiger partial charge in [0, 0.05) is 0 Å². The normalized spacial score (nSPS) is 15.2. The zero-order chi connectivity index (χ0) is 11.4. The van der Waals surface area contributed by atoms with Crippen molar-refractivity contribution in [3.63, 3.8) is 0 Å². The Morgan fingerprint density at radius 2 is 1.64 bits per heavy atom. The minimum Gasteiger partial charge on any atom is -0.166 e. The van der Waals surface area contributed by atoms with Crippen LogP contribution in [-0.2, 0) is 0 Å². The zero-order valence-electron chi connectivity index (χ0n) is 9.07. The van der Waals surface area contributed by atoms with Crippen LogP contribution in [0, 0.1) is 5.41 Å². The molecule has 0 aromatic heterocycles. The standard InChI is InChI=1S/C11H17F3/c1-5-6-9(11(12,13)14)7-8-10(2,3)4/h5-7H,8H2,1-4H3/b6-5-,9-7+. The maximum Gasteiger partial charge on any atom is 0.416 e. The summed E-state index contributed by atoms with van der Waals surface area (Å²) in [6.45, 7) is 7.31. The number of hydrogen-bond donors (Lipinski definition) is 0. The quantitative estimate of drug-likeness (QED) is 0.584. The Balaban J connectivity index is 4.68. The lowest BCUT2D eigenvalue weighted by Gasteiger charge is -2.16. The molecule has 82 valence electrons. The number of rotatable bonds is 2. The maximum atomic E-state index is 12.4. The van der Waals surface area contributed by atoms with Gasteiger partial charge < -0.3 is 0 Å². The van der Waals surface area contributed by atoms with Crippen molar-refractivity contribution in [1.82, 2.24) is 0 Å². The van der Waals surface area contributed by atoms with E-state index >= 15 is 0 Å². The van der Waals surface area contributed by atoms with Gasteiger partial charge in [0.2, 0.25) is 0 Å². The fourth-order valence-electron chi connectivity index (χ4n) is 0.874. The van der Waals surface area contributed by atoms with Crippen LogP contribution in [0.4, 0.5) is 13.2 Å². The first kappa shape index (κ1) is 13.3. The molecule has 0 N–H and O–H groups in total. The number of allylic oxidation sites excluding steroid dienone is 4. The molecule has 0 aromatic carbocycles. The summed E-state index contributed by atoms with van der Waals surface area (Å²) in [6.07, 6.45) is -0.0579. The van der Waals surface area contributed by atoms with E-state index in [0.717, 1.165) is 6.08 Å². The van der Waals surface area contributed by atoms with Crippen LogP contribution in [0.15, 0.2) is 23.8 Å². The molecule has 0 aliphatic rings. The molecule has 0 aliphatic carbocycles. The predicted molar refractivity (Wildman–Crippen MR) is 53.0 cm³/mol. The smallest absolute Gasteiger partial charge is 0.166 e. The van der Waals surface area contributed by atoms with E-state index < -0.39 is 11.7 Å². The van der Waals surface area contributed by atoms with Crippen LogP contribution < -0.4 is 0 Å². The van der Waals surface area contributed by atoms with E-state index in [1.165, 1.54) is 12.2 Å². The van der Waals surface area contributed by atoms with Gasteiger partial charge in [-0.2, -0.15) is 13.2 Å². The summed E-state index contributed by atoms with van der Waals surface area (Å²) in [7, 11) is 0. The molecule has 0 aromatic rings. The third-order valence-electron chi connectivity index (χ3n) is 1.61. The second-order valence-electron chi connectivity index (χ2n) is 4.42. The summed E-state index contributed by atoms with van der Waals surface area (Å²) in [5.74, 6) is 0. The van der Waals surface area contributed by atoms with Gasteiger partial charge in [-0.1, -0.05) is 39.0 Å². The van der Waals surface area contributed by atoms with Crippen molar-refractivity contribution in [1.29, 1.82) is 0 Å². The molecular formula is C11H17F3. The van der Waals surface area contributed by atoms with Crippen molar-refractivity contribution in [2.75, 3.05) is 0 Å². The van der Waals surface area contributed by atoms with Crippen LogP contribution in [0.1, 0.15) is 34.1 Å². The highest BCUT2D eigenvalue weighted by Crippen LogP contribution is 2.29. The summed E-state index contributed by atoms with van der Waals surface area (Å²) in [6, 6.07) is 0. The van der Waals surface area contributed by atoms with Crippen molar-refractivity contribution in [2.45, 2.75) is 40.3 Å². The highest BCUT2D eigenvalue weighted by molar-refractivity contribution is 5.23. The summed E-state index contributed by atoms with van der Waals surface area (Å²) < 4.78 is 37.1. The Morgan fingerprint density at radius 3 is 1.93 bits per heavy atom. The van der Waals surface area contributed by atoms with E-state index in [1.54, 1.807) is 6.92 Å². The Labute approximate surface area is 83.5 Å². The summed E-state index contributed by atoms with van der Waals surface area (Å²) in [5.41, 5.74) is -0.673. The fraction of sp³-hybridized carbons (Fsp3) is 0.636. The van der Waals surface area contributed by atoms with Crippen LogP contribution in [0.5, 0.6) is 0 Å². The van der Waals surface area contributed by atoms with Gasteiger partial charge in [-0.15, -0.1) is 0 Å². The average Bonchev–Trinajstić information content (AvgIpc) is 1.93. The average molecular weight is 206 g/mol. The molecule has 0 heterocycles. The Bertz CT molecular complexity index is 226. The van der Waals surface area contributed by atoms with Crippen molar-refractivity contribution in [3.05, 3.63) is 23.8 Å². The van der Waals surface area contributed by atoms with Crippen molar-refractivity contribution >= 4 is 0 Å². The lowest BCUT2D eigenvalue weighted by atomic mass is 9.91. The van der Waals surface area contributed by atoms with Crippen molar-refractivity contribution in [2.24, 2.45) is 5.41 Å². The second-order valence-corrected chi connectivity index (χ2v) is 4.42. The van der Waals surface area contributed by atoms with Crippen molar-refractivity contribution < 1.29 is 13.2 Å². The Morgan fingerprint density at radius 1 is 1.14 bits per heavy atom. The van der Waals surface area contributed by atoms with Gasteiger partial charge in [-0.25, -0.2) is 0 Å². The molecule has 14 heavy (non-hydrogen) atoms. The third-order valence-corrected chi connectivity index (χ3v) is 1.61. The SMILES string of the molecule is C/C=C\C(=C/CC(C)(C)C)C(F)(F)F. The molecule has 3 heteroatoms. The molecule has 0 saturated heterocycles. The van der Waals surface area contributed by atoms with Crippen LogP contribution in [0.3, 0.4) is 0 Å². The van der Waals surface area contributed by atoms with Crippen LogP contribution >= 0.6 is 0 Å². The molecule has 0 rings (SSSR count). The summed E-state index contributed by atoms with van der Waals surface area (Å²) in [5, 5.41) is 0. The minimum absolute atomic E-state index is 0.113. The van der Waals surface area contributed by atoms with E-state index in [4.69, 9.17) is 0 Å². The van der Waals surface area contributed by atoms with Crippen LogP contribution in [-0.4, -0.2) is 6.18 Å². The Hall–Kier alpha value is -0.730. The van der Waals surface area contributed by atoms with E-state index in [2.05, 4.69) is 0 Å². The molecule has 0 radical (unpaired) electrons. The highest BCUT2D eigenvalue weighted by atomic mass is 19.4. The first-order valence-electron chi connectivity index (χ1n) is 4.57. The van der Waals surface area contributed by atoms with Gasteiger partial charge in [-0.05, 0) is 18.8 Å². The molecule has 0 bridgehead atoms. The zero-order valence-corrected chi connectivity index (χ0v) is 9.07. The molecule has 0 amide bonds. The molecule has 0 atom stereocenters. The lowest BCUT2D eigenvalue weighted by molar-refractivity contribution is -0.0885. The number of halogens is 3. The Kier molecular flexibility index (Phi) is 4.43. The fourth-order valence-corrected chi connectivity index (χ4v) is 0.874. The number of alkyl halides is 3. The molecule has 0 saturated carbocycles. The third kappa shape index (κ3) is 5.84. The lowest BCUT2D eigenvalue weighted by Crippen LogP contribution is -2.11. The van der Waals surface area contributed by atoms with Gasteiger partial charge in [0.1, 0.15) is 0 Å². The molecule has 0 spiro atoms. The van der Waals surface area contributed by atoms with E-state index in [1.807, 2.05) is 20.8 Å². The van der Waals surface area contributed by atoms with Crippen LogP contribution in [0.25, 0.3) is 0 Å². The highest BCUT2D eigenvalue weighted by Gasteiger charge is 2.31. The van der Waals surface area contributed by atoms with E-state index in [9.17, 15) is 13.2 Å². The molecule has 0 unspecified atom stereocenters. The minimum atomic E-state index is -4.24. The molecule has 0 nitrogen and oxygen atoms in total.